The van der Waals surface area contributed by atoms with Crippen molar-refractivity contribution < 1.29 is 36.2 Å². The molecule has 41 heavy (non-hydrogen) atoms. The molecule has 0 amide bonds. The molecule has 2 N–H and O–H groups in total. The number of anilines is 1. The second-order valence-electron chi connectivity index (χ2n) is 12.1. The van der Waals surface area contributed by atoms with Crippen LogP contribution in [0, 0.1) is 23.7 Å². The van der Waals surface area contributed by atoms with E-state index in [0.717, 1.165) is 63.7 Å². The van der Waals surface area contributed by atoms with Gasteiger partial charge in [0.2, 0.25) is 0 Å². The summed E-state index contributed by atoms with van der Waals surface area (Å²) in [5, 5.41) is 12.7. The van der Waals surface area contributed by atoms with Gasteiger partial charge in [0.25, 0.3) is 0 Å². The van der Waals surface area contributed by atoms with Crippen molar-refractivity contribution in [1.82, 2.24) is 14.9 Å². The minimum absolute atomic E-state index is 0.0216. The zero-order valence-corrected chi connectivity index (χ0v) is 22.7. The van der Waals surface area contributed by atoms with Crippen LogP contribution in [0.15, 0.2) is 24.5 Å². The minimum Gasteiger partial charge on any atom is -0.383 e. The van der Waals surface area contributed by atoms with E-state index in [4.69, 9.17) is 0 Å². The SMILES string of the molecule is O=C(CNc1ncnc2ccc(C(F)(F)F)cc12)CC1CN(C2CCC(C3CCC(C(O)C(F)(F)F)CC3)CC2)C1. The molecule has 0 spiro atoms. The van der Waals surface area contributed by atoms with Crippen LogP contribution in [0.2, 0.25) is 0 Å². The first-order valence-corrected chi connectivity index (χ1v) is 14.4. The van der Waals surface area contributed by atoms with Gasteiger partial charge < -0.3 is 10.4 Å². The van der Waals surface area contributed by atoms with Crippen molar-refractivity contribution in [3.8, 4) is 0 Å². The van der Waals surface area contributed by atoms with E-state index in [0.29, 0.717) is 42.7 Å². The third-order valence-corrected chi connectivity index (χ3v) is 9.44. The number of hydrogen-bond acceptors (Lipinski definition) is 6. The summed E-state index contributed by atoms with van der Waals surface area (Å²) in [6.07, 6.45) is -2.98. The van der Waals surface area contributed by atoms with Gasteiger partial charge in [0.15, 0.2) is 11.9 Å². The van der Waals surface area contributed by atoms with Gasteiger partial charge in [0.05, 0.1) is 17.6 Å². The number of nitrogens with one attached hydrogen (secondary N) is 1. The first-order chi connectivity index (χ1) is 19.4. The Balaban J connectivity index is 1.02. The summed E-state index contributed by atoms with van der Waals surface area (Å²) < 4.78 is 77.9. The number of aliphatic hydroxyl groups excluding tert-OH is 1. The number of carbonyl (C=O) groups excluding carboxylic acids is 1. The summed E-state index contributed by atoms with van der Waals surface area (Å²) in [4.78, 5) is 23.1. The van der Waals surface area contributed by atoms with Gasteiger partial charge in [-0.25, -0.2) is 9.97 Å². The molecule has 1 atom stereocenters. The molecule has 6 nitrogen and oxygen atoms in total. The number of likely N-dealkylation sites (tertiary alicyclic amines) is 1. The van der Waals surface area contributed by atoms with E-state index in [-0.39, 0.29) is 29.4 Å². The molecule has 1 aromatic carbocycles. The molecule has 226 valence electrons. The molecule has 3 fully saturated rings. The van der Waals surface area contributed by atoms with E-state index < -0.39 is 29.9 Å². The van der Waals surface area contributed by atoms with Crippen LogP contribution in [-0.2, 0) is 11.0 Å². The molecule has 1 aromatic heterocycles. The number of fused-ring (bicyclic) bond motifs is 1. The molecule has 0 radical (unpaired) electrons. The number of halogens is 6. The molecule has 1 unspecified atom stereocenters. The molecule has 0 bridgehead atoms. The number of Topliss-reactive ketones (excluding diaryl/α,β-unsaturated/α-hetero) is 1. The number of alkyl halides is 6. The van der Waals surface area contributed by atoms with E-state index in [1.54, 1.807) is 0 Å². The van der Waals surface area contributed by atoms with Crippen molar-refractivity contribution in [2.45, 2.75) is 82.3 Å². The average Bonchev–Trinajstić information content (AvgIpc) is 2.92. The smallest absolute Gasteiger partial charge is 0.383 e. The van der Waals surface area contributed by atoms with Crippen LogP contribution in [0.5, 0.6) is 0 Å². The van der Waals surface area contributed by atoms with Gasteiger partial charge in [-0.15, -0.1) is 0 Å². The highest BCUT2D eigenvalue weighted by Crippen LogP contribution is 2.44. The fraction of sp³-hybridized carbons (Fsp3) is 0.690. The Morgan fingerprint density at radius 3 is 2.20 bits per heavy atom. The third kappa shape index (κ3) is 7.13. The largest absolute Gasteiger partial charge is 0.416 e. The number of carbonyl (C=O) groups is 1. The molecule has 2 saturated carbocycles. The normalized spacial score (nSPS) is 27.4. The fourth-order valence-electron chi connectivity index (χ4n) is 7.12. The van der Waals surface area contributed by atoms with E-state index >= 15 is 0 Å². The van der Waals surface area contributed by atoms with Gasteiger partial charge in [-0.3, -0.25) is 9.69 Å². The highest BCUT2D eigenvalue weighted by molar-refractivity contribution is 5.91. The van der Waals surface area contributed by atoms with E-state index in [1.807, 2.05) is 0 Å². The topological polar surface area (TPSA) is 78.4 Å². The quantitative estimate of drug-likeness (QED) is 0.357. The zero-order valence-electron chi connectivity index (χ0n) is 22.7. The number of ketones is 1. The molecular formula is C29H36F6N4O2. The summed E-state index contributed by atoms with van der Waals surface area (Å²) in [6.45, 7) is 1.66. The Labute approximate surface area is 234 Å². The molecule has 2 aliphatic carbocycles. The highest BCUT2D eigenvalue weighted by Gasteiger charge is 2.45. The number of nitrogens with zero attached hydrogens (tertiary/aromatic N) is 3. The molecule has 1 saturated heterocycles. The highest BCUT2D eigenvalue weighted by atomic mass is 19.4. The maximum Gasteiger partial charge on any atom is 0.416 e. The van der Waals surface area contributed by atoms with Crippen molar-refractivity contribution in [1.29, 1.82) is 0 Å². The molecule has 2 aromatic rings. The van der Waals surface area contributed by atoms with E-state index in [2.05, 4.69) is 20.2 Å². The number of rotatable bonds is 8. The van der Waals surface area contributed by atoms with Crippen molar-refractivity contribution in [2.75, 3.05) is 25.0 Å². The van der Waals surface area contributed by atoms with Crippen molar-refractivity contribution in [3.05, 3.63) is 30.1 Å². The monoisotopic (exact) mass is 586 g/mol. The lowest BCUT2D eigenvalue weighted by Gasteiger charge is -2.48. The van der Waals surface area contributed by atoms with Crippen molar-refractivity contribution in [3.63, 3.8) is 0 Å². The molecular weight excluding hydrogens is 550 g/mol. The Morgan fingerprint density at radius 1 is 0.951 bits per heavy atom. The first-order valence-electron chi connectivity index (χ1n) is 14.4. The number of benzene rings is 1. The molecule has 12 heteroatoms. The van der Waals surface area contributed by atoms with Crippen LogP contribution in [-0.4, -0.2) is 63.7 Å². The van der Waals surface area contributed by atoms with Crippen LogP contribution in [0.1, 0.15) is 63.4 Å². The zero-order chi connectivity index (χ0) is 29.4. The minimum atomic E-state index is -4.54. The first kappa shape index (κ1) is 30.0. The van der Waals surface area contributed by atoms with Crippen molar-refractivity contribution in [2.24, 2.45) is 23.7 Å². The fourth-order valence-corrected chi connectivity index (χ4v) is 7.12. The Kier molecular flexibility index (Phi) is 8.80. The summed E-state index contributed by atoms with van der Waals surface area (Å²) in [7, 11) is 0. The molecule has 2 heterocycles. The van der Waals surface area contributed by atoms with Crippen LogP contribution >= 0.6 is 0 Å². The van der Waals surface area contributed by atoms with E-state index in [9.17, 15) is 36.2 Å². The van der Waals surface area contributed by atoms with Crippen molar-refractivity contribution >= 4 is 22.5 Å². The summed E-state index contributed by atoms with van der Waals surface area (Å²) >= 11 is 0. The molecule has 5 rings (SSSR count). The summed E-state index contributed by atoms with van der Waals surface area (Å²) in [6, 6.07) is 3.72. The predicted molar refractivity (Wildman–Crippen MR) is 141 cm³/mol. The molecule has 1 aliphatic heterocycles. The predicted octanol–water partition coefficient (Wildman–Crippen LogP) is 6.24. The van der Waals surface area contributed by atoms with Gasteiger partial charge in [0, 0.05) is 30.9 Å². The summed E-state index contributed by atoms with van der Waals surface area (Å²) in [5.41, 5.74) is -0.439. The lowest BCUT2D eigenvalue weighted by atomic mass is 9.69. The number of aromatic nitrogens is 2. The Hall–Kier alpha value is -2.47. The molecule has 3 aliphatic rings. The Morgan fingerprint density at radius 2 is 1.59 bits per heavy atom. The number of aliphatic hydroxyl groups is 1. The van der Waals surface area contributed by atoms with Gasteiger partial charge in [-0.1, -0.05) is 0 Å². The maximum atomic E-state index is 13.1. The lowest BCUT2D eigenvalue weighted by molar-refractivity contribution is -0.223. The second-order valence-corrected chi connectivity index (χ2v) is 12.1. The van der Waals surface area contributed by atoms with Crippen LogP contribution in [0.25, 0.3) is 10.9 Å². The van der Waals surface area contributed by atoms with E-state index in [1.165, 1.54) is 12.4 Å². The third-order valence-electron chi connectivity index (χ3n) is 9.44. The summed E-state index contributed by atoms with van der Waals surface area (Å²) in [5.74, 6) is 0.714. The average molecular weight is 587 g/mol. The Bertz CT molecular complexity index is 1200. The van der Waals surface area contributed by atoms with Gasteiger partial charge in [-0.05, 0) is 93.2 Å². The van der Waals surface area contributed by atoms with Gasteiger partial charge >= 0.3 is 12.4 Å². The maximum absolute atomic E-state index is 13.1. The van der Waals surface area contributed by atoms with Crippen LogP contribution in [0.3, 0.4) is 0 Å². The lowest BCUT2D eigenvalue weighted by Crippen LogP contribution is -2.53. The number of hydrogen-bond donors (Lipinski definition) is 2. The van der Waals surface area contributed by atoms with Gasteiger partial charge in [0.1, 0.15) is 12.1 Å². The van der Waals surface area contributed by atoms with Crippen LogP contribution in [0.4, 0.5) is 32.2 Å². The standard InChI is InChI=1S/C29H36F6N4O2/c30-28(31,32)21-7-10-25-24(12-21)27(38-16-37-25)36-13-23(40)11-17-14-39(15-17)22-8-5-19(6-9-22)18-1-3-20(4-2-18)26(41)29(33,34)35/h7,10,12,16-20,22,26,41H,1-6,8-9,11,13-15H2,(H,36,37,38). The second kappa shape index (κ2) is 12.0. The van der Waals surface area contributed by atoms with Gasteiger partial charge in [-0.2, -0.15) is 26.3 Å². The van der Waals surface area contributed by atoms with Crippen LogP contribution < -0.4 is 5.32 Å².